The summed E-state index contributed by atoms with van der Waals surface area (Å²) < 4.78 is 11.0. The minimum absolute atomic E-state index is 0.130. The molecule has 0 bridgehead atoms. The normalized spacial score (nSPS) is 28.1. The summed E-state index contributed by atoms with van der Waals surface area (Å²) in [5.74, 6) is -0.799. The topological polar surface area (TPSA) is 170 Å². The van der Waals surface area contributed by atoms with Gasteiger partial charge in [0.25, 0.3) is 5.56 Å². The summed E-state index contributed by atoms with van der Waals surface area (Å²) in [5.41, 5.74) is 4.03. The first-order chi connectivity index (χ1) is 11.2. The molecular formula is C13H20N4O7. The lowest BCUT2D eigenvalue weighted by Gasteiger charge is -2.18. The van der Waals surface area contributed by atoms with Crippen molar-refractivity contribution < 1.29 is 24.5 Å². The lowest BCUT2D eigenvalue weighted by atomic mass is 10.1. The number of carbonyl (C=O) groups excluding carboxylic acids is 1. The number of H-pyrrole nitrogens is 1. The molecule has 1 fully saturated rings. The molecule has 2 heterocycles. The maximum absolute atomic E-state index is 11.7. The van der Waals surface area contributed by atoms with E-state index in [0.29, 0.717) is 4.68 Å². The number of aliphatic hydroxyl groups is 2. The molecule has 134 valence electrons. The molecule has 24 heavy (non-hydrogen) atoms. The third kappa shape index (κ3) is 3.70. The van der Waals surface area contributed by atoms with Crippen molar-refractivity contribution in [2.24, 2.45) is 11.7 Å². The van der Waals surface area contributed by atoms with Crippen molar-refractivity contribution in [1.29, 1.82) is 0 Å². The minimum atomic E-state index is -1.50. The summed E-state index contributed by atoms with van der Waals surface area (Å²) in [7, 11) is 0. The average molecular weight is 344 g/mol. The second-order valence-corrected chi connectivity index (χ2v) is 5.83. The van der Waals surface area contributed by atoms with E-state index in [2.05, 4.69) is 5.10 Å². The van der Waals surface area contributed by atoms with Gasteiger partial charge in [-0.1, -0.05) is 13.8 Å². The van der Waals surface area contributed by atoms with Crippen LogP contribution >= 0.6 is 0 Å². The Bertz CT molecular complexity index is 700. The third-order valence-electron chi connectivity index (χ3n) is 3.70. The molecule has 2 rings (SSSR count). The largest absolute Gasteiger partial charge is 0.462 e. The first kappa shape index (κ1) is 18.3. The lowest BCUT2D eigenvalue weighted by Crippen LogP contribution is -2.40. The van der Waals surface area contributed by atoms with Gasteiger partial charge in [0.2, 0.25) is 0 Å². The fraction of sp³-hybridized carbons (Fsp3) is 0.692. The predicted octanol–water partition coefficient (Wildman–Crippen LogP) is -2.92. The van der Waals surface area contributed by atoms with Gasteiger partial charge in [-0.15, -0.1) is 0 Å². The summed E-state index contributed by atoms with van der Waals surface area (Å²) >= 11 is 0. The number of hydrogen-bond donors (Lipinski definition) is 4. The van der Waals surface area contributed by atoms with Gasteiger partial charge in [0.05, 0.1) is 0 Å². The second kappa shape index (κ2) is 7.21. The third-order valence-corrected chi connectivity index (χ3v) is 3.70. The van der Waals surface area contributed by atoms with Crippen LogP contribution in [0.5, 0.6) is 0 Å². The van der Waals surface area contributed by atoms with E-state index < -0.39 is 47.8 Å². The maximum atomic E-state index is 11.7. The molecule has 2 unspecified atom stereocenters. The highest BCUT2D eigenvalue weighted by Gasteiger charge is 2.45. The molecule has 0 spiro atoms. The summed E-state index contributed by atoms with van der Waals surface area (Å²) in [4.78, 5) is 36.4. The van der Waals surface area contributed by atoms with E-state index in [9.17, 15) is 24.6 Å². The van der Waals surface area contributed by atoms with Gasteiger partial charge in [-0.25, -0.2) is 4.79 Å². The molecule has 5 atom stereocenters. The maximum Gasteiger partial charge on any atom is 0.347 e. The van der Waals surface area contributed by atoms with E-state index in [0.717, 1.165) is 6.20 Å². The quantitative estimate of drug-likeness (QED) is 0.408. The van der Waals surface area contributed by atoms with E-state index in [1.165, 1.54) is 0 Å². The van der Waals surface area contributed by atoms with Crippen molar-refractivity contribution in [1.82, 2.24) is 14.8 Å². The van der Waals surface area contributed by atoms with E-state index >= 15 is 0 Å². The Kier molecular flexibility index (Phi) is 5.49. The smallest absolute Gasteiger partial charge is 0.347 e. The number of ether oxygens (including phenoxy) is 2. The van der Waals surface area contributed by atoms with Crippen molar-refractivity contribution in [3.8, 4) is 0 Å². The molecule has 1 aromatic rings. The Morgan fingerprint density at radius 2 is 2.12 bits per heavy atom. The molecular weight excluding hydrogens is 324 g/mol. The molecule has 1 saturated heterocycles. The summed E-state index contributed by atoms with van der Waals surface area (Å²) in [6, 6.07) is -0.826. The van der Waals surface area contributed by atoms with Gasteiger partial charge in [0.15, 0.2) is 6.23 Å². The van der Waals surface area contributed by atoms with Crippen molar-refractivity contribution in [2.75, 3.05) is 6.61 Å². The number of rotatable bonds is 5. The second-order valence-electron chi connectivity index (χ2n) is 5.83. The van der Waals surface area contributed by atoms with E-state index in [1.54, 1.807) is 13.8 Å². The first-order valence-electron chi connectivity index (χ1n) is 7.34. The number of carbonyl (C=O) groups is 1. The monoisotopic (exact) mass is 344 g/mol. The predicted molar refractivity (Wildman–Crippen MR) is 78.8 cm³/mol. The molecule has 1 aromatic heterocycles. The number of hydrogen-bond acceptors (Lipinski definition) is 9. The lowest BCUT2D eigenvalue weighted by molar-refractivity contribution is -0.153. The number of aliphatic hydroxyl groups excluding tert-OH is 2. The van der Waals surface area contributed by atoms with Gasteiger partial charge in [0.1, 0.15) is 37.2 Å². The van der Waals surface area contributed by atoms with Crippen LogP contribution in [0, 0.1) is 5.92 Å². The van der Waals surface area contributed by atoms with E-state index in [4.69, 9.17) is 15.2 Å². The van der Waals surface area contributed by atoms with Gasteiger partial charge in [0, 0.05) is 0 Å². The van der Waals surface area contributed by atoms with Gasteiger partial charge in [-0.05, 0) is 5.92 Å². The number of aromatic nitrogens is 3. The van der Waals surface area contributed by atoms with Crippen molar-refractivity contribution in [3.05, 3.63) is 27.0 Å². The molecule has 0 saturated carbocycles. The zero-order valence-electron chi connectivity index (χ0n) is 13.2. The Balaban J connectivity index is 2.06. The van der Waals surface area contributed by atoms with Crippen LogP contribution in [0.1, 0.15) is 20.1 Å². The molecule has 0 amide bonds. The number of nitrogens with zero attached hydrogens (tertiary/aromatic N) is 2. The van der Waals surface area contributed by atoms with Crippen LogP contribution in [0.2, 0.25) is 0 Å². The molecule has 11 nitrogen and oxygen atoms in total. The minimum Gasteiger partial charge on any atom is -0.462 e. The first-order valence-corrected chi connectivity index (χ1v) is 7.34. The molecule has 0 aromatic carbocycles. The molecule has 1 aliphatic rings. The van der Waals surface area contributed by atoms with Crippen LogP contribution in [0.25, 0.3) is 0 Å². The fourth-order valence-corrected chi connectivity index (χ4v) is 2.14. The van der Waals surface area contributed by atoms with Crippen LogP contribution in [-0.2, 0) is 14.3 Å². The zero-order chi connectivity index (χ0) is 18.0. The van der Waals surface area contributed by atoms with Crippen LogP contribution < -0.4 is 17.0 Å². The van der Waals surface area contributed by atoms with Crippen molar-refractivity contribution in [3.63, 3.8) is 0 Å². The number of nitrogens with one attached hydrogen (secondary N) is 1. The average Bonchev–Trinajstić information content (AvgIpc) is 2.80. The standard InChI is InChI=1S/C13H20N4O7/c1-5(2)8(14)12(21)23-4-6-9(19)10(20)11(24-6)17-13(22)16-7(18)3-15-17/h3,5-6,8-11,19-20H,4,14H2,1-2H3,(H,16,18,22)/t6-,8?,9?,10+,11-/m1/s1. The molecule has 0 radical (unpaired) electrons. The van der Waals surface area contributed by atoms with Crippen LogP contribution in [0.3, 0.4) is 0 Å². The fourth-order valence-electron chi connectivity index (χ4n) is 2.14. The summed E-state index contributed by atoms with van der Waals surface area (Å²) in [6.45, 7) is 3.15. The van der Waals surface area contributed by atoms with Gasteiger partial charge >= 0.3 is 11.7 Å². The van der Waals surface area contributed by atoms with Crippen LogP contribution in [0.4, 0.5) is 0 Å². The van der Waals surface area contributed by atoms with Gasteiger partial charge in [-0.2, -0.15) is 9.78 Å². The van der Waals surface area contributed by atoms with Crippen molar-refractivity contribution in [2.45, 2.75) is 44.4 Å². The summed E-state index contributed by atoms with van der Waals surface area (Å²) in [6.07, 6.45) is -4.48. The Morgan fingerprint density at radius 1 is 1.46 bits per heavy atom. The van der Waals surface area contributed by atoms with Gasteiger partial charge < -0.3 is 25.4 Å². The molecule has 1 aliphatic heterocycles. The van der Waals surface area contributed by atoms with Crippen LogP contribution in [-0.4, -0.2) is 61.9 Å². The highest BCUT2D eigenvalue weighted by molar-refractivity contribution is 5.75. The number of nitrogens with two attached hydrogens (primary N) is 1. The van der Waals surface area contributed by atoms with Crippen molar-refractivity contribution >= 4 is 5.97 Å². The zero-order valence-corrected chi connectivity index (χ0v) is 13.2. The Morgan fingerprint density at radius 3 is 2.71 bits per heavy atom. The number of esters is 1. The van der Waals surface area contributed by atoms with E-state index in [1.807, 2.05) is 4.98 Å². The Labute approximate surface area is 136 Å². The highest BCUT2D eigenvalue weighted by atomic mass is 16.6. The van der Waals surface area contributed by atoms with E-state index in [-0.39, 0.29) is 12.5 Å². The van der Waals surface area contributed by atoms with Crippen LogP contribution in [0.15, 0.2) is 15.8 Å². The Hall–Kier alpha value is -2.08. The highest BCUT2D eigenvalue weighted by Crippen LogP contribution is 2.27. The SMILES string of the molecule is CC(C)C(N)C(=O)OC[C@H]1O[C@@H](n2ncc(=O)[nH]c2=O)[C@@H](O)C1O. The number of aromatic amines is 1. The van der Waals surface area contributed by atoms with Gasteiger partial charge in [-0.3, -0.25) is 14.6 Å². The summed E-state index contributed by atoms with van der Waals surface area (Å²) in [5, 5.41) is 23.6. The molecule has 0 aliphatic carbocycles. The molecule has 5 N–H and O–H groups in total. The molecule has 11 heteroatoms.